The van der Waals surface area contributed by atoms with Crippen LogP contribution in [-0.4, -0.2) is 71.0 Å². The number of aliphatic hydroxyl groups excluding tert-OH is 1. The van der Waals surface area contributed by atoms with Gasteiger partial charge in [-0.1, -0.05) is 18.2 Å². The Hall–Kier alpha value is -1.40. The van der Waals surface area contributed by atoms with E-state index in [-0.39, 0.29) is 12.1 Å². The lowest BCUT2D eigenvalue weighted by molar-refractivity contribution is 0.0837. The first-order valence-corrected chi connectivity index (χ1v) is 8.98. The Morgan fingerprint density at radius 2 is 2.00 bits per heavy atom. The Bertz CT molecular complexity index is 699. The summed E-state index contributed by atoms with van der Waals surface area (Å²) in [7, 11) is 2.16. The summed E-state index contributed by atoms with van der Waals surface area (Å²) in [6.07, 6.45) is 0.822. The minimum Gasteiger partial charge on any atom is -0.389 e. The third kappa shape index (κ3) is 3.09. The van der Waals surface area contributed by atoms with Crippen molar-refractivity contribution in [1.29, 1.82) is 0 Å². The fraction of sp³-hybridized carbons (Fsp3) is 0.579. The molecule has 0 amide bonds. The molecule has 0 radical (unpaired) electrons. The van der Waals surface area contributed by atoms with E-state index in [2.05, 4.69) is 51.7 Å². The van der Waals surface area contributed by atoms with Gasteiger partial charge in [-0.05, 0) is 37.0 Å². The maximum absolute atomic E-state index is 10.1. The van der Waals surface area contributed by atoms with Crippen molar-refractivity contribution < 1.29 is 9.84 Å². The monoisotopic (exact) mass is 329 g/mol. The highest BCUT2D eigenvalue weighted by Gasteiger charge is 2.32. The van der Waals surface area contributed by atoms with E-state index in [1.54, 1.807) is 0 Å². The molecule has 1 aromatic heterocycles. The second kappa shape index (κ2) is 6.84. The van der Waals surface area contributed by atoms with E-state index in [1.807, 2.05) is 0 Å². The Morgan fingerprint density at radius 1 is 1.12 bits per heavy atom. The highest BCUT2D eigenvalue weighted by molar-refractivity contribution is 5.81. The van der Waals surface area contributed by atoms with Crippen molar-refractivity contribution in [2.45, 2.75) is 25.1 Å². The van der Waals surface area contributed by atoms with Crippen molar-refractivity contribution in [3.8, 4) is 0 Å². The molecule has 1 N–H and O–H groups in total. The van der Waals surface area contributed by atoms with Gasteiger partial charge in [-0.15, -0.1) is 0 Å². The zero-order valence-corrected chi connectivity index (χ0v) is 14.4. The molecule has 0 saturated carbocycles. The van der Waals surface area contributed by atoms with Crippen LogP contribution in [0.4, 0.5) is 0 Å². The number of para-hydroxylation sites is 1. The topological polar surface area (TPSA) is 40.9 Å². The number of hydrogen-bond donors (Lipinski definition) is 1. The molecule has 5 heteroatoms. The molecule has 2 aromatic rings. The summed E-state index contributed by atoms with van der Waals surface area (Å²) in [5, 5.41) is 11.4. The summed E-state index contributed by atoms with van der Waals surface area (Å²) in [5.41, 5.74) is 2.67. The molecule has 2 fully saturated rings. The Labute approximate surface area is 143 Å². The van der Waals surface area contributed by atoms with E-state index in [1.165, 1.54) is 16.6 Å². The van der Waals surface area contributed by atoms with Gasteiger partial charge in [0.2, 0.25) is 0 Å². The molecule has 2 aliphatic rings. The van der Waals surface area contributed by atoms with Gasteiger partial charge in [0.25, 0.3) is 0 Å². The van der Waals surface area contributed by atoms with Crippen molar-refractivity contribution in [3.05, 3.63) is 36.0 Å². The summed E-state index contributed by atoms with van der Waals surface area (Å²) >= 11 is 0. The Balaban J connectivity index is 1.42. The van der Waals surface area contributed by atoms with Gasteiger partial charge in [0.1, 0.15) is 0 Å². The van der Waals surface area contributed by atoms with Gasteiger partial charge in [-0.2, -0.15) is 0 Å². The molecular formula is C19H27N3O2. The highest BCUT2D eigenvalue weighted by atomic mass is 16.5. The number of fused-ring (bicyclic) bond motifs is 1. The first-order valence-electron chi connectivity index (χ1n) is 8.98. The largest absolute Gasteiger partial charge is 0.389 e. The maximum Gasteiger partial charge on any atom is 0.0950 e. The number of aromatic nitrogens is 1. The molecule has 0 aliphatic carbocycles. The number of rotatable bonds is 3. The SMILES string of the molecule is Cn1c(CN2CCCN([C@@H]3COC[C@H]3O)CC2)cc2ccccc21. The number of benzene rings is 1. The zero-order valence-electron chi connectivity index (χ0n) is 14.4. The molecular weight excluding hydrogens is 302 g/mol. The molecule has 2 saturated heterocycles. The van der Waals surface area contributed by atoms with Gasteiger partial charge in [0.15, 0.2) is 0 Å². The van der Waals surface area contributed by atoms with Crippen molar-refractivity contribution in [1.82, 2.24) is 14.4 Å². The van der Waals surface area contributed by atoms with Crippen molar-refractivity contribution in [2.24, 2.45) is 7.05 Å². The number of aryl methyl sites for hydroxylation is 1. The van der Waals surface area contributed by atoms with Crippen LogP contribution in [0, 0.1) is 0 Å². The summed E-state index contributed by atoms with van der Waals surface area (Å²) < 4.78 is 7.74. The molecule has 130 valence electrons. The van der Waals surface area contributed by atoms with E-state index in [4.69, 9.17) is 4.74 Å². The summed E-state index contributed by atoms with van der Waals surface area (Å²) in [4.78, 5) is 4.95. The second-order valence-electron chi connectivity index (χ2n) is 7.09. The van der Waals surface area contributed by atoms with E-state index >= 15 is 0 Å². The summed E-state index contributed by atoms with van der Waals surface area (Å²) in [6, 6.07) is 11.1. The van der Waals surface area contributed by atoms with Crippen LogP contribution in [0.25, 0.3) is 10.9 Å². The summed E-state index contributed by atoms with van der Waals surface area (Å²) in [5.74, 6) is 0. The fourth-order valence-corrected chi connectivity index (χ4v) is 4.09. The van der Waals surface area contributed by atoms with Crippen molar-refractivity contribution in [3.63, 3.8) is 0 Å². The van der Waals surface area contributed by atoms with E-state index in [9.17, 15) is 5.11 Å². The molecule has 0 unspecified atom stereocenters. The van der Waals surface area contributed by atoms with Gasteiger partial charge in [0, 0.05) is 37.9 Å². The van der Waals surface area contributed by atoms with Crippen LogP contribution >= 0.6 is 0 Å². The van der Waals surface area contributed by atoms with Crippen LogP contribution < -0.4 is 0 Å². The van der Waals surface area contributed by atoms with Crippen molar-refractivity contribution >= 4 is 10.9 Å². The summed E-state index contributed by atoms with van der Waals surface area (Å²) in [6.45, 7) is 6.37. The molecule has 5 nitrogen and oxygen atoms in total. The van der Waals surface area contributed by atoms with Crippen LogP contribution in [0.15, 0.2) is 30.3 Å². The third-order valence-electron chi connectivity index (χ3n) is 5.55. The highest BCUT2D eigenvalue weighted by Crippen LogP contribution is 2.21. The lowest BCUT2D eigenvalue weighted by Gasteiger charge is -2.28. The van der Waals surface area contributed by atoms with Crippen LogP contribution in [0.3, 0.4) is 0 Å². The normalized spacial score (nSPS) is 26.9. The van der Waals surface area contributed by atoms with E-state index in [0.717, 1.165) is 39.1 Å². The molecule has 0 bridgehead atoms. The lowest BCUT2D eigenvalue weighted by atomic mass is 10.2. The number of hydrogen-bond acceptors (Lipinski definition) is 4. The Morgan fingerprint density at radius 3 is 2.79 bits per heavy atom. The maximum atomic E-state index is 10.1. The fourth-order valence-electron chi connectivity index (χ4n) is 4.09. The predicted molar refractivity (Wildman–Crippen MR) is 95.0 cm³/mol. The van der Waals surface area contributed by atoms with E-state index in [0.29, 0.717) is 13.2 Å². The molecule has 24 heavy (non-hydrogen) atoms. The molecule has 3 heterocycles. The first-order chi connectivity index (χ1) is 11.7. The average Bonchev–Trinajstić information content (AvgIpc) is 3.05. The quantitative estimate of drug-likeness (QED) is 0.925. The zero-order chi connectivity index (χ0) is 16.5. The van der Waals surface area contributed by atoms with E-state index < -0.39 is 0 Å². The van der Waals surface area contributed by atoms with Crippen LogP contribution in [0.1, 0.15) is 12.1 Å². The smallest absolute Gasteiger partial charge is 0.0950 e. The number of ether oxygens (including phenoxy) is 1. The second-order valence-corrected chi connectivity index (χ2v) is 7.09. The third-order valence-corrected chi connectivity index (χ3v) is 5.55. The van der Waals surface area contributed by atoms with Crippen LogP contribution in [0.5, 0.6) is 0 Å². The molecule has 1 aromatic carbocycles. The van der Waals surface area contributed by atoms with Gasteiger partial charge >= 0.3 is 0 Å². The van der Waals surface area contributed by atoms with Crippen LogP contribution in [0.2, 0.25) is 0 Å². The molecule has 0 spiro atoms. The molecule has 4 rings (SSSR count). The minimum absolute atomic E-state index is 0.183. The minimum atomic E-state index is -0.324. The number of aliphatic hydroxyl groups is 1. The van der Waals surface area contributed by atoms with Crippen LogP contribution in [-0.2, 0) is 18.3 Å². The average molecular weight is 329 g/mol. The first kappa shape index (κ1) is 16.1. The molecule has 2 atom stereocenters. The predicted octanol–water partition coefficient (Wildman–Crippen LogP) is 1.45. The lowest BCUT2D eigenvalue weighted by Crippen LogP contribution is -2.44. The van der Waals surface area contributed by atoms with Gasteiger partial charge in [-0.25, -0.2) is 0 Å². The van der Waals surface area contributed by atoms with Gasteiger partial charge in [0.05, 0.1) is 25.4 Å². The molecule has 2 aliphatic heterocycles. The van der Waals surface area contributed by atoms with Gasteiger partial charge in [-0.3, -0.25) is 9.80 Å². The standard InChI is InChI=1S/C19H27N3O2/c1-20-16(11-15-5-2-3-6-17(15)20)12-21-7-4-8-22(10-9-21)18-13-24-14-19(18)23/h2-3,5-6,11,18-19,23H,4,7-10,12-14H2,1H3/t18-,19-/m1/s1. The van der Waals surface area contributed by atoms with Gasteiger partial charge < -0.3 is 14.4 Å². The van der Waals surface area contributed by atoms with Crippen molar-refractivity contribution in [2.75, 3.05) is 39.4 Å². The Kier molecular flexibility index (Phi) is 4.59. The number of nitrogens with zero attached hydrogens (tertiary/aromatic N) is 3.